The molecule has 0 aromatic heterocycles. The number of rotatable bonds is 4. The van der Waals surface area contributed by atoms with Gasteiger partial charge in [0.1, 0.15) is 16.4 Å². The van der Waals surface area contributed by atoms with Gasteiger partial charge in [-0.1, -0.05) is 43.2 Å². The molecule has 0 atom stereocenters. The van der Waals surface area contributed by atoms with Crippen molar-refractivity contribution in [2.24, 2.45) is 0 Å². The first kappa shape index (κ1) is 22.4. The van der Waals surface area contributed by atoms with E-state index in [0.717, 1.165) is 31.2 Å². The Labute approximate surface area is 199 Å². The molecule has 1 fully saturated rings. The topological polar surface area (TPSA) is 84.9 Å². The number of carbonyl (C=O) groups excluding carboxylic acids is 1. The molecule has 0 aliphatic carbocycles. The zero-order valence-corrected chi connectivity index (χ0v) is 19.7. The summed E-state index contributed by atoms with van der Waals surface area (Å²) >= 11 is 0. The number of fused-ring (bicyclic) bond motifs is 2. The van der Waals surface area contributed by atoms with Crippen molar-refractivity contribution in [3.63, 3.8) is 0 Å². The van der Waals surface area contributed by atoms with Crippen LogP contribution in [0.4, 0.5) is 5.69 Å². The van der Waals surface area contributed by atoms with Crippen LogP contribution in [-0.4, -0.2) is 31.7 Å². The van der Waals surface area contributed by atoms with Crippen molar-refractivity contribution < 1.29 is 22.7 Å². The van der Waals surface area contributed by atoms with Crippen LogP contribution in [0.5, 0.6) is 23.0 Å². The summed E-state index contributed by atoms with van der Waals surface area (Å²) in [7, 11) is -3.91. The number of amides is 1. The first-order valence-electron chi connectivity index (χ1n) is 11.4. The third kappa shape index (κ3) is 4.26. The second kappa shape index (κ2) is 9.12. The summed E-state index contributed by atoms with van der Waals surface area (Å²) in [5.41, 5.74) is 1.52. The minimum atomic E-state index is -3.91. The monoisotopic (exact) mass is 478 g/mol. The van der Waals surface area contributed by atoms with E-state index in [1.165, 1.54) is 16.4 Å². The first-order valence-corrected chi connectivity index (χ1v) is 12.9. The van der Waals surface area contributed by atoms with Crippen LogP contribution in [0.25, 0.3) is 0 Å². The molecule has 0 bridgehead atoms. The fourth-order valence-corrected chi connectivity index (χ4v) is 5.90. The molecule has 7 nitrogen and oxygen atoms in total. The molecule has 1 N–H and O–H groups in total. The molecule has 8 heteroatoms. The Morgan fingerprint density at radius 1 is 0.882 bits per heavy atom. The molecular weight excluding hydrogens is 452 g/mol. The highest BCUT2D eigenvalue weighted by Crippen LogP contribution is 2.42. The van der Waals surface area contributed by atoms with E-state index in [1.54, 1.807) is 30.3 Å². The minimum Gasteiger partial charge on any atom is -0.456 e. The highest BCUT2D eigenvalue weighted by Gasteiger charge is 2.32. The third-order valence-corrected chi connectivity index (χ3v) is 8.06. The van der Waals surface area contributed by atoms with E-state index in [4.69, 9.17) is 9.47 Å². The zero-order chi connectivity index (χ0) is 23.7. The number of nitrogens with one attached hydrogen (secondary N) is 1. The minimum absolute atomic E-state index is 0.0406. The fraction of sp³-hybridized carbons (Fsp3) is 0.269. The van der Waals surface area contributed by atoms with Crippen molar-refractivity contribution in [3.8, 4) is 23.0 Å². The number of hydrogen-bond acceptors (Lipinski definition) is 5. The molecule has 0 saturated carbocycles. The number of benzene rings is 3. The smallest absolute Gasteiger partial charge is 0.259 e. The van der Waals surface area contributed by atoms with E-state index >= 15 is 0 Å². The largest absolute Gasteiger partial charge is 0.456 e. The molecule has 0 spiro atoms. The van der Waals surface area contributed by atoms with Crippen molar-refractivity contribution in [1.29, 1.82) is 0 Å². The highest BCUT2D eigenvalue weighted by atomic mass is 32.2. The van der Waals surface area contributed by atoms with Crippen molar-refractivity contribution in [2.45, 2.75) is 37.5 Å². The molecule has 2 aliphatic rings. The Kier molecular flexibility index (Phi) is 6.02. The molecule has 0 radical (unpaired) electrons. The maximum Gasteiger partial charge on any atom is 0.259 e. The van der Waals surface area contributed by atoms with Gasteiger partial charge in [0.2, 0.25) is 10.0 Å². The molecule has 34 heavy (non-hydrogen) atoms. The average Bonchev–Trinajstić information content (AvgIpc) is 3.18. The molecular formula is C26H26N2O5S. The van der Waals surface area contributed by atoms with Gasteiger partial charge in [-0.3, -0.25) is 4.79 Å². The SMILES string of the molecule is Cc1ccccc1Oc1cc2c(cc1S(=O)(=O)N1CCCCCC1)C(=O)Nc1ccccc1O2. The summed E-state index contributed by atoms with van der Waals surface area (Å²) in [6.07, 6.45) is 3.60. The lowest BCUT2D eigenvalue weighted by molar-refractivity contribution is 0.102. The first-order chi connectivity index (χ1) is 16.4. The highest BCUT2D eigenvalue weighted by molar-refractivity contribution is 7.89. The zero-order valence-electron chi connectivity index (χ0n) is 18.9. The Bertz CT molecular complexity index is 1350. The molecule has 0 unspecified atom stereocenters. The molecule has 3 aromatic rings. The van der Waals surface area contributed by atoms with Gasteiger partial charge < -0.3 is 14.8 Å². The van der Waals surface area contributed by atoms with Gasteiger partial charge in [0, 0.05) is 19.2 Å². The van der Waals surface area contributed by atoms with Gasteiger partial charge in [-0.25, -0.2) is 8.42 Å². The van der Waals surface area contributed by atoms with E-state index in [0.29, 0.717) is 30.3 Å². The summed E-state index contributed by atoms with van der Waals surface area (Å²) in [6.45, 7) is 2.77. The lowest BCUT2D eigenvalue weighted by Crippen LogP contribution is -2.32. The van der Waals surface area contributed by atoms with Crippen LogP contribution in [0.15, 0.2) is 65.6 Å². The van der Waals surface area contributed by atoms with Gasteiger partial charge in [-0.15, -0.1) is 0 Å². The second-order valence-electron chi connectivity index (χ2n) is 8.53. The van der Waals surface area contributed by atoms with E-state index in [9.17, 15) is 13.2 Å². The predicted octanol–water partition coefficient (Wildman–Crippen LogP) is 5.71. The van der Waals surface area contributed by atoms with Gasteiger partial charge in [0.05, 0.1) is 11.3 Å². The lowest BCUT2D eigenvalue weighted by Gasteiger charge is -2.23. The van der Waals surface area contributed by atoms with Gasteiger partial charge in [-0.2, -0.15) is 4.31 Å². The normalized spacial score (nSPS) is 16.3. The van der Waals surface area contributed by atoms with Crippen molar-refractivity contribution in [2.75, 3.05) is 18.4 Å². The Morgan fingerprint density at radius 2 is 1.59 bits per heavy atom. The summed E-state index contributed by atoms with van der Waals surface area (Å²) in [5.74, 6) is 0.938. The lowest BCUT2D eigenvalue weighted by atomic mass is 10.1. The third-order valence-electron chi connectivity index (χ3n) is 6.14. The number of carbonyl (C=O) groups is 1. The Balaban J connectivity index is 1.66. The Hall–Kier alpha value is -3.36. The number of nitrogens with zero attached hydrogens (tertiary/aromatic N) is 1. The van der Waals surface area contributed by atoms with Crippen LogP contribution in [0.2, 0.25) is 0 Å². The van der Waals surface area contributed by atoms with Gasteiger partial charge >= 0.3 is 0 Å². The molecule has 1 amide bonds. The number of sulfonamides is 1. The summed E-state index contributed by atoms with van der Waals surface area (Å²) in [4.78, 5) is 13.0. The molecule has 5 rings (SSSR count). The number of anilines is 1. The quantitative estimate of drug-likeness (QED) is 0.519. The number of aryl methyl sites for hydroxylation is 1. The molecule has 176 valence electrons. The van der Waals surface area contributed by atoms with Crippen LogP contribution in [0.3, 0.4) is 0 Å². The second-order valence-corrected chi connectivity index (χ2v) is 10.4. The van der Waals surface area contributed by atoms with Gasteiger partial charge in [0.25, 0.3) is 5.91 Å². The maximum atomic E-state index is 13.8. The van der Waals surface area contributed by atoms with E-state index in [-0.39, 0.29) is 22.0 Å². The van der Waals surface area contributed by atoms with Crippen LogP contribution < -0.4 is 14.8 Å². The number of para-hydroxylation sites is 3. The Morgan fingerprint density at radius 3 is 2.35 bits per heavy atom. The molecule has 2 heterocycles. The van der Waals surface area contributed by atoms with Gasteiger partial charge in [0.15, 0.2) is 11.5 Å². The number of ether oxygens (including phenoxy) is 2. The van der Waals surface area contributed by atoms with Crippen LogP contribution in [0.1, 0.15) is 41.6 Å². The van der Waals surface area contributed by atoms with Crippen LogP contribution in [-0.2, 0) is 10.0 Å². The van der Waals surface area contributed by atoms with Crippen LogP contribution in [0, 0.1) is 6.92 Å². The van der Waals surface area contributed by atoms with Crippen molar-refractivity contribution in [1.82, 2.24) is 4.31 Å². The summed E-state index contributed by atoms with van der Waals surface area (Å²) in [5, 5.41) is 2.81. The predicted molar refractivity (Wildman–Crippen MR) is 129 cm³/mol. The molecule has 3 aromatic carbocycles. The maximum absolute atomic E-state index is 13.8. The summed E-state index contributed by atoms with van der Waals surface area (Å²) in [6, 6.07) is 17.4. The van der Waals surface area contributed by atoms with E-state index in [1.807, 2.05) is 25.1 Å². The van der Waals surface area contributed by atoms with Crippen molar-refractivity contribution >= 4 is 21.6 Å². The van der Waals surface area contributed by atoms with Crippen molar-refractivity contribution in [3.05, 3.63) is 71.8 Å². The van der Waals surface area contributed by atoms with E-state index < -0.39 is 15.9 Å². The van der Waals surface area contributed by atoms with Crippen LogP contribution >= 0.6 is 0 Å². The average molecular weight is 479 g/mol. The standard InChI is InChI=1S/C26H26N2O5S/c1-18-10-4-6-12-21(18)32-24-17-23-19(26(29)27-20-11-5-7-13-22(20)33-23)16-25(24)34(30,31)28-14-8-2-3-9-15-28/h4-7,10-13,16-17H,2-3,8-9,14-15H2,1H3,(H,27,29). The van der Waals surface area contributed by atoms with Gasteiger partial charge in [-0.05, 0) is 49.6 Å². The molecule has 1 saturated heterocycles. The van der Waals surface area contributed by atoms with E-state index in [2.05, 4.69) is 5.32 Å². The summed E-state index contributed by atoms with van der Waals surface area (Å²) < 4.78 is 41.3. The number of hydrogen-bond donors (Lipinski definition) is 1. The fourth-order valence-electron chi connectivity index (χ4n) is 4.26. The molecule has 2 aliphatic heterocycles.